The van der Waals surface area contributed by atoms with Crippen LogP contribution in [0.25, 0.3) is 0 Å². The summed E-state index contributed by atoms with van der Waals surface area (Å²) in [5.41, 5.74) is 1.94. The molecule has 6 nitrogen and oxygen atoms in total. The summed E-state index contributed by atoms with van der Waals surface area (Å²) in [6, 6.07) is 5.44. The zero-order valence-electron chi connectivity index (χ0n) is 12.7. The molecule has 0 radical (unpaired) electrons. The first-order valence-electron chi connectivity index (χ1n) is 7.41. The quantitative estimate of drug-likeness (QED) is 0.794. The zero-order chi connectivity index (χ0) is 16.6. The third-order valence-electron chi connectivity index (χ3n) is 4.12. The number of aliphatic hydroxyl groups is 1. The first-order chi connectivity index (χ1) is 10.9. The lowest BCUT2D eigenvalue weighted by atomic mass is 10.0. The molecule has 0 aliphatic carbocycles. The number of β-amino-alcohol motifs (C(OH)–C–C–N with tert-alkyl or cyclic N) is 1. The van der Waals surface area contributed by atoms with Crippen molar-refractivity contribution in [3.63, 3.8) is 0 Å². The number of hydrogen-bond acceptors (Lipinski definition) is 4. The van der Waals surface area contributed by atoms with Crippen molar-refractivity contribution in [3.8, 4) is 5.75 Å². The molecule has 1 fully saturated rings. The van der Waals surface area contributed by atoms with Gasteiger partial charge in [0.1, 0.15) is 0 Å². The number of nitrogens with zero attached hydrogens (tertiary/aromatic N) is 2. The van der Waals surface area contributed by atoms with E-state index in [0.717, 1.165) is 23.5 Å². The maximum atomic E-state index is 13.4. The largest absolute Gasteiger partial charge is 0.505 e. The van der Waals surface area contributed by atoms with Gasteiger partial charge in [0, 0.05) is 30.3 Å². The van der Waals surface area contributed by atoms with E-state index in [1.54, 1.807) is 0 Å². The number of amides is 1. The summed E-state index contributed by atoms with van der Waals surface area (Å²) in [7, 11) is 0. The van der Waals surface area contributed by atoms with Gasteiger partial charge in [-0.25, -0.2) is 4.39 Å². The molecule has 0 unspecified atom stereocenters. The van der Waals surface area contributed by atoms with Crippen LogP contribution < -0.4 is 0 Å². The van der Waals surface area contributed by atoms with Gasteiger partial charge in [-0.3, -0.25) is 9.89 Å². The van der Waals surface area contributed by atoms with Crippen molar-refractivity contribution in [3.05, 3.63) is 47.0 Å². The molecule has 7 heteroatoms. The Balaban J connectivity index is 1.69. The fraction of sp³-hybridized carbons (Fsp3) is 0.375. The number of phenolic OH excluding ortho intramolecular Hbond substituents is 1. The van der Waals surface area contributed by atoms with E-state index in [4.69, 9.17) is 0 Å². The highest BCUT2D eigenvalue weighted by Gasteiger charge is 2.34. The topological polar surface area (TPSA) is 89.5 Å². The predicted octanol–water partition coefficient (Wildman–Crippen LogP) is 1.24. The van der Waals surface area contributed by atoms with Crippen LogP contribution >= 0.6 is 0 Å². The molecular weight excluding hydrogens is 301 g/mol. The number of nitrogens with one attached hydrogen (secondary N) is 1. The molecule has 122 valence electrons. The average Bonchev–Trinajstić information content (AvgIpc) is 3.08. The Hall–Kier alpha value is -2.41. The minimum Gasteiger partial charge on any atom is -0.505 e. The molecule has 23 heavy (non-hydrogen) atoms. The lowest BCUT2D eigenvalue weighted by Gasteiger charge is -2.16. The Morgan fingerprint density at radius 1 is 1.43 bits per heavy atom. The minimum atomic E-state index is -0.834. The molecule has 1 aliphatic rings. The van der Waals surface area contributed by atoms with Gasteiger partial charge in [0.25, 0.3) is 5.91 Å². The van der Waals surface area contributed by atoms with E-state index < -0.39 is 17.7 Å². The highest BCUT2D eigenvalue weighted by molar-refractivity contribution is 5.94. The Bertz CT molecular complexity index is 731. The molecule has 1 saturated heterocycles. The van der Waals surface area contributed by atoms with Gasteiger partial charge in [0.15, 0.2) is 11.6 Å². The minimum absolute atomic E-state index is 0.108. The molecule has 1 aromatic carbocycles. The molecule has 2 aromatic rings. The van der Waals surface area contributed by atoms with Crippen molar-refractivity contribution in [2.45, 2.75) is 19.4 Å². The van der Waals surface area contributed by atoms with E-state index >= 15 is 0 Å². The number of aliphatic hydroxyl groups excluding tert-OH is 1. The number of aromatic amines is 1. The molecule has 3 rings (SSSR count). The number of phenols is 1. The molecule has 0 saturated carbocycles. The number of benzene rings is 1. The lowest BCUT2D eigenvalue weighted by molar-refractivity contribution is 0.0764. The molecule has 1 aliphatic heterocycles. The van der Waals surface area contributed by atoms with E-state index in [2.05, 4.69) is 10.2 Å². The summed E-state index contributed by atoms with van der Waals surface area (Å²) < 4.78 is 13.4. The van der Waals surface area contributed by atoms with Gasteiger partial charge in [0.2, 0.25) is 0 Å². The van der Waals surface area contributed by atoms with Crippen molar-refractivity contribution >= 4 is 5.91 Å². The number of aromatic hydroxyl groups is 1. The maximum absolute atomic E-state index is 13.4. The van der Waals surface area contributed by atoms with Crippen LogP contribution in [-0.2, 0) is 6.42 Å². The van der Waals surface area contributed by atoms with Crippen LogP contribution in [0.1, 0.15) is 21.7 Å². The molecule has 2 atom stereocenters. The first-order valence-corrected chi connectivity index (χ1v) is 7.41. The van der Waals surface area contributed by atoms with Gasteiger partial charge in [0.05, 0.1) is 11.8 Å². The first kappa shape index (κ1) is 15.5. The Morgan fingerprint density at radius 3 is 2.87 bits per heavy atom. The van der Waals surface area contributed by atoms with E-state index in [-0.39, 0.29) is 23.9 Å². The highest BCUT2D eigenvalue weighted by atomic mass is 19.1. The van der Waals surface area contributed by atoms with Crippen LogP contribution in [0.3, 0.4) is 0 Å². The Kier molecular flexibility index (Phi) is 4.04. The van der Waals surface area contributed by atoms with Gasteiger partial charge in [-0.1, -0.05) is 0 Å². The van der Waals surface area contributed by atoms with Crippen LogP contribution in [0.5, 0.6) is 5.75 Å². The predicted molar refractivity (Wildman–Crippen MR) is 80.5 cm³/mol. The van der Waals surface area contributed by atoms with Crippen LogP contribution in [0.15, 0.2) is 24.3 Å². The average molecular weight is 319 g/mol. The van der Waals surface area contributed by atoms with Gasteiger partial charge in [-0.05, 0) is 37.6 Å². The van der Waals surface area contributed by atoms with E-state index in [0.29, 0.717) is 13.0 Å². The molecule has 1 aromatic heterocycles. The van der Waals surface area contributed by atoms with E-state index in [1.165, 1.54) is 11.0 Å². The number of halogens is 1. The number of carbonyl (C=O) groups excluding carboxylic acids is 1. The fourth-order valence-electron chi connectivity index (χ4n) is 2.89. The molecule has 2 heterocycles. The second-order valence-corrected chi connectivity index (χ2v) is 5.95. The summed E-state index contributed by atoms with van der Waals surface area (Å²) in [5.74, 6) is -1.79. The summed E-state index contributed by atoms with van der Waals surface area (Å²) in [4.78, 5) is 13.9. The van der Waals surface area contributed by atoms with Gasteiger partial charge >= 0.3 is 0 Å². The third-order valence-corrected chi connectivity index (χ3v) is 4.12. The van der Waals surface area contributed by atoms with Crippen molar-refractivity contribution < 1.29 is 19.4 Å². The monoisotopic (exact) mass is 319 g/mol. The zero-order valence-corrected chi connectivity index (χ0v) is 12.7. The molecule has 0 spiro atoms. The SMILES string of the molecule is Cc1cc(C[C@@H]2CN(C(=O)c3ccc(O)c(F)c3)C[C@H]2O)n[nH]1. The summed E-state index contributed by atoms with van der Waals surface area (Å²) in [6.45, 7) is 2.49. The van der Waals surface area contributed by atoms with Crippen LogP contribution in [0, 0.1) is 18.7 Å². The molecule has 1 amide bonds. The van der Waals surface area contributed by atoms with E-state index in [1.807, 2.05) is 13.0 Å². The van der Waals surface area contributed by atoms with Crippen molar-refractivity contribution in [2.75, 3.05) is 13.1 Å². The standard InChI is InChI=1S/C16H18FN3O3/c1-9-4-12(19-18-9)5-11-7-20(8-15(11)22)16(23)10-2-3-14(21)13(17)6-10/h2-4,6,11,15,21-22H,5,7-8H2,1H3,(H,18,19)/t11-,15-/m1/s1. The van der Waals surface area contributed by atoms with Crippen molar-refractivity contribution in [1.82, 2.24) is 15.1 Å². The third kappa shape index (κ3) is 3.19. The van der Waals surface area contributed by atoms with Crippen LogP contribution in [-0.4, -0.2) is 50.4 Å². The lowest BCUT2D eigenvalue weighted by Crippen LogP contribution is -2.29. The van der Waals surface area contributed by atoms with Gasteiger partial charge in [-0.2, -0.15) is 5.10 Å². The van der Waals surface area contributed by atoms with Crippen molar-refractivity contribution in [2.24, 2.45) is 5.92 Å². The smallest absolute Gasteiger partial charge is 0.254 e. The highest BCUT2D eigenvalue weighted by Crippen LogP contribution is 2.24. The van der Waals surface area contributed by atoms with Crippen LogP contribution in [0.4, 0.5) is 4.39 Å². The van der Waals surface area contributed by atoms with Crippen LogP contribution in [0.2, 0.25) is 0 Å². The van der Waals surface area contributed by atoms with E-state index in [9.17, 15) is 19.4 Å². The summed E-state index contributed by atoms with van der Waals surface area (Å²) in [5, 5.41) is 26.4. The summed E-state index contributed by atoms with van der Waals surface area (Å²) in [6.07, 6.45) is -0.0721. The Labute approximate surface area is 132 Å². The number of H-pyrrole nitrogens is 1. The summed E-state index contributed by atoms with van der Waals surface area (Å²) >= 11 is 0. The molecule has 3 N–H and O–H groups in total. The number of hydrogen-bond donors (Lipinski definition) is 3. The second kappa shape index (κ2) is 6.00. The number of aryl methyl sites for hydroxylation is 1. The normalized spacial score (nSPS) is 20.9. The molecule has 0 bridgehead atoms. The number of aromatic nitrogens is 2. The van der Waals surface area contributed by atoms with Crippen molar-refractivity contribution in [1.29, 1.82) is 0 Å². The Morgan fingerprint density at radius 2 is 2.22 bits per heavy atom. The fourth-order valence-corrected chi connectivity index (χ4v) is 2.89. The number of carbonyl (C=O) groups is 1. The second-order valence-electron chi connectivity index (χ2n) is 5.95. The number of rotatable bonds is 3. The van der Waals surface area contributed by atoms with Gasteiger partial charge in [-0.15, -0.1) is 0 Å². The number of likely N-dealkylation sites (tertiary alicyclic amines) is 1. The van der Waals surface area contributed by atoms with Gasteiger partial charge < -0.3 is 15.1 Å². The maximum Gasteiger partial charge on any atom is 0.254 e. The molecular formula is C16H18FN3O3.